The van der Waals surface area contributed by atoms with Crippen molar-refractivity contribution in [1.29, 1.82) is 5.26 Å². The molecule has 3 aromatic heterocycles. The number of aromatic nitrogens is 3. The summed E-state index contributed by atoms with van der Waals surface area (Å²) >= 11 is 4.70. The molecule has 1 N–H and O–H groups in total. The maximum absolute atomic E-state index is 12.7. The van der Waals surface area contributed by atoms with E-state index in [0.717, 1.165) is 60.8 Å². The number of nitrogens with zero attached hydrogens (tertiary/aromatic N) is 4. The SMILES string of the molecule is CCc1c(-c2nnc(SCC(=O)Nc3sc4c(c3C#N)CCCCC4)n2CC)csc1C. The van der Waals surface area contributed by atoms with E-state index < -0.39 is 0 Å². The fraction of sp³-hybridized carbons (Fsp3) is 0.478. The number of thiophene rings is 2. The van der Waals surface area contributed by atoms with Gasteiger partial charge in [-0.25, -0.2) is 0 Å². The summed E-state index contributed by atoms with van der Waals surface area (Å²) in [6.07, 6.45) is 6.36. The second-order valence-corrected chi connectivity index (χ2v) is 10.9. The first-order valence-corrected chi connectivity index (χ1v) is 13.7. The van der Waals surface area contributed by atoms with Crippen LogP contribution in [0.2, 0.25) is 0 Å². The van der Waals surface area contributed by atoms with Gasteiger partial charge in [0, 0.05) is 27.2 Å². The van der Waals surface area contributed by atoms with Gasteiger partial charge in [0.05, 0.1) is 11.3 Å². The van der Waals surface area contributed by atoms with Crippen LogP contribution < -0.4 is 5.32 Å². The van der Waals surface area contributed by atoms with Crippen molar-refractivity contribution in [1.82, 2.24) is 14.8 Å². The molecule has 0 atom stereocenters. The van der Waals surface area contributed by atoms with Crippen LogP contribution in [0.1, 0.15) is 59.6 Å². The van der Waals surface area contributed by atoms with Gasteiger partial charge in [-0.1, -0.05) is 25.1 Å². The van der Waals surface area contributed by atoms with E-state index >= 15 is 0 Å². The summed E-state index contributed by atoms with van der Waals surface area (Å²) in [6, 6.07) is 2.33. The van der Waals surface area contributed by atoms with Crippen LogP contribution in [0.4, 0.5) is 5.00 Å². The number of hydrogen-bond donors (Lipinski definition) is 1. The Hall–Kier alpha value is -2.15. The van der Waals surface area contributed by atoms with Crippen LogP contribution in [-0.4, -0.2) is 26.4 Å². The molecule has 0 spiro atoms. The Labute approximate surface area is 201 Å². The predicted molar refractivity (Wildman–Crippen MR) is 133 cm³/mol. The number of nitrogens with one attached hydrogen (secondary N) is 1. The zero-order valence-corrected chi connectivity index (χ0v) is 21.1. The summed E-state index contributed by atoms with van der Waals surface area (Å²) in [6.45, 7) is 7.10. The molecule has 0 bridgehead atoms. The summed E-state index contributed by atoms with van der Waals surface area (Å²) in [7, 11) is 0. The molecule has 9 heteroatoms. The second kappa shape index (κ2) is 10.2. The van der Waals surface area contributed by atoms with Crippen LogP contribution in [0.3, 0.4) is 0 Å². The number of nitriles is 1. The van der Waals surface area contributed by atoms with Crippen LogP contribution in [0.15, 0.2) is 10.5 Å². The third-order valence-electron chi connectivity index (χ3n) is 5.85. The van der Waals surface area contributed by atoms with Crippen molar-refractivity contribution in [3.05, 3.63) is 31.8 Å². The molecule has 1 aliphatic rings. The topological polar surface area (TPSA) is 83.6 Å². The Balaban J connectivity index is 1.47. The van der Waals surface area contributed by atoms with Crippen LogP contribution in [0.25, 0.3) is 11.4 Å². The number of aryl methyl sites for hydroxylation is 2. The summed E-state index contributed by atoms with van der Waals surface area (Å²) in [4.78, 5) is 15.3. The van der Waals surface area contributed by atoms with Gasteiger partial charge in [0.1, 0.15) is 11.1 Å². The van der Waals surface area contributed by atoms with Crippen molar-refractivity contribution in [2.75, 3.05) is 11.1 Å². The summed E-state index contributed by atoms with van der Waals surface area (Å²) in [5, 5.41) is 25.1. The molecule has 0 saturated heterocycles. The molecule has 32 heavy (non-hydrogen) atoms. The van der Waals surface area contributed by atoms with E-state index in [0.29, 0.717) is 10.6 Å². The Bertz CT molecular complexity index is 1170. The molecule has 0 fully saturated rings. The van der Waals surface area contributed by atoms with Crippen molar-refractivity contribution >= 4 is 45.3 Å². The van der Waals surface area contributed by atoms with Gasteiger partial charge in [-0.2, -0.15) is 5.26 Å². The lowest BCUT2D eigenvalue weighted by atomic mass is 10.1. The van der Waals surface area contributed by atoms with Gasteiger partial charge in [0.25, 0.3) is 0 Å². The smallest absolute Gasteiger partial charge is 0.235 e. The molecule has 0 aliphatic heterocycles. The molecule has 1 aliphatic carbocycles. The van der Waals surface area contributed by atoms with Crippen LogP contribution in [0, 0.1) is 18.3 Å². The largest absolute Gasteiger partial charge is 0.316 e. The van der Waals surface area contributed by atoms with E-state index in [1.807, 2.05) is 0 Å². The number of fused-ring (bicyclic) bond motifs is 1. The zero-order valence-electron chi connectivity index (χ0n) is 18.7. The fourth-order valence-corrected chi connectivity index (χ4v) is 7.22. The second-order valence-electron chi connectivity index (χ2n) is 7.81. The number of anilines is 1. The lowest BCUT2D eigenvalue weighted by Gasteiger charge is -2.08. The molecule has 168 valence electrons. The predicted octanol–water partition coefficient (Wildman–Crippen LogP) is 5.83. The van der Waals surface area contributed by atoms with E-state index in [-0.39, 0.29) is 11.7 Å². The number of amides is 1. The first-order chi connectivity index (χ1) is 15.6. The average molecular weight is 486 g/mol. The third kappa shape index (κ3) is 4.49. The van der Waals surface area contributed by atoms with Crippen molar-refractivity contribution < 1.29 is 4.79 Å². The maximum atomic E-state index is 12.7. The van der Waals surface area contributed by atoms with Gasteiger partial charge < -0.3 is 9.88 Å². The molecular weight excluding hydrogens is 458 g/mol. The van der Waals surface area contributed by atoms with E-state index in [2.05, 4.69) is 52.3 Å². The Morgan fingerprint density at radius 3 is 2.84 bits per heavy atom. The normalized spacial score (nSPS) is 13.4. The summed E-state index contributed by atoms with van der Waals surface area (Å²) < 4.78 is 2.08. The molecule has 0 aromatic carbocycles. The van der Waals surface area contributed by atoms with Gasteiger partial charge in [-0.3, -0.25) is 4.79 Å². The Morgan fingerprint density at radius 2 is 2.09 bits per heavy atom. The average Bonchev–Trinajstić information content (AvgIpc) is 3.41. The zero-order chi connectivity index (χ0) is 22.7. The minimum absolute atomic E-state index is 0.115. The molecule has 0 unspecified atom stereocenters. The highest BCUT2D eigenvalue weighted by Gasteiger charge is 2.22. The van der Waals surface area contributed by atoms with Gasteiger partial charge in [0.15, 0.2) is 11.0 Å². The number of carbonyl (C=O) groups excluding carboxylic acids is 1. The highest BCUT2D eigenvalue weighted by molar-refractivity contribution is 7.99. The Morgan fingerprint density at radius 1 is 1.28 bits per heavy atom. The first kappa shape index (κ1) is 23.0. The summed E-state index contributed by atoms with van der Waals surface area (Å²) in [5.74, 6) is 0.982. The lowest BCUT2D eigenvalue weighted by molar-refractivity contribution is -0.113. The maximum Gasteiger partial charge on any atom is 0.235 e. The Kier molecular flexibility index (Phi) is 7.33. The third-order valence-corrected chi connectivity index (χ3v) is 8.98. The van der Waals surface area contributed by atoms with Crippen LogP contribution in [-0.2, 0) is 30.6 Å². The van der Waals surface area contributed by atoms with Crippen LogP contribution >= 0.6 is 34.4 Å². The van der Waals surface area contributed by atoms with Crippen molar-refractivity contribution in [3.8, 4) is 17.5 Å². The molecule has 3 aromatic rings. The van der Waals surface area contributed by atoms with E-state index in [1.54, 1.807) is 22.7 Å². The standard InChI is InChI=1S/C23H27N5OS3/c1-4-15-14(3)30-12-18(15)21-26-27-23(28(21)5-2)31-13-20(29)25-22-17(11-24)16-9-7-6-8-10-19(16)32-22/h12H,4-10,13H2,1-3H3,(H,25,29). The number of rotatable bonds is 7. The minimum atomic E-state index is -0.115. The number of carbonyl (C=O) groups is 1. The van der Waals surface area contributed by atoms with E-state index in [1.165, 1.54) is 33.5 Å². The van der Waals surface area contributed by atoms with Gasteiger partial charge >= 0.3 is 0 Å². The molecular formula is C23H27N5OS3. The van der Waals surface area contributed by atoms with Crippen molar-refractivity contribution in [3.63, 3.8) is 0 Å². The number of thioether (sulfide) groups is 1. The molecule has 0 saturated carbocycles. The van der Waals surface area contributed by atoms with Crippen molar-refractivity contribution in [2.24, 2.45) is 0 Å². The monoisotopic (exact) mass is 485 g/mol. The van der Waals surface area contributed by atoms with Gasteiger partial charge in [-0.15, -0.1) is 32.9 Å². The molecule has 1 amide bonds. The molecule has 0 radical (unpaired) electrons. The highest BCUT2D eigenvalue weighted by atomic mass is 32.2. The molecule has 6 nitrogen and oxygen atoms in total. The lowest BCUT2D eigenvalue weighted by Crippen LogP contribution is -2.14. The summed E-state index contributed by atoms with van der Waals surface area (Å²) in [5.41, 5.74) is 4.25. The van der Waals surface area contributed by atoms with Gasteiger partial charge in [-0.05, 0) is 57.1 Å². The number of hydrogen-bond acceptors (Lipinski definition) is 7. The van der Waals surface area contributed by atoms with Crippen molar-refractivity contribution in [2.45, 2.75) is 71.0 Å². The van der Waals surface area contributed by atoms with E-state index in [4.69, 9.17) is 0 Å². The van der Waals surface area contributed by atoms with Gasteiger partial charge in [0.2, 0.25) is 5.91 Å². The molecule has 3 heterocycles. The fourth-order valence-electron chi connectivity index (χ4n) is 4.23. The first-order valence-electron chi connectivity index (χ1n) is 11.0. The molecule has 4 rings (SSSR count). The quantitative estimate of drug-likeness (QED) is 0.336. The highest BCUT2D eigenvalue weighted by Crippen LogP contribution is 2.37. The van der Waals surface area contributed by atoms with E-state index in [9.17, 15) is 10.1 Å². The van der Waals surface area contributed by atoms with Crippen LogP contribution in [0.5, 0.6) is 0 Å². The minimum Gasteiger partial charge on any atom is -0.316 e.